The van der Waals surface area contributed by atoms with Gasteiger partial charge in [0.15, 0.2) is 5.16 Å². The average molecular weight is 277 g/mol. The van der Waals surface area contributed by atoms with E-state index in [4.69, 9.17) is 0 Å². The number of rotatable bonds is 2. The van der Waals surface area contributed by atoms with Crippen LogP contribution in [0.5, 0.6) is 0 Å². The summed E-state index contributed by atoms with van der Waals surface area (Å²) in [4.78, 5) is 28.3. The van der Waals surface area contributed by atoms with Gasteiger partial charge in [-0.1, -0.05) is 11.8 Å². The average Bonchev–Trinajstić information content (AvgIpc) is 3.00. The maximum atomic E-state index is 12.1. The third-order valence-corrected chi connectivity index (χ3v) is 3.84. The number of fused-ring (bicyclic) bond motifs is 1. The van der Waals surface area contributed by atoms with Crippen molar-refractivity contribution in [2.45, 2.75) is 18.6 Å². The lowest BCUT2D eigenvalue weighted by molar-refractivity contribution is 0.102. The van der Waals surface area contributed by atoms with E-state index in [1.54, 1.807) is 6.20 Å². The van der Waals surface area contributed by atoms with Gasteiger partial charge >= 0.3 is 0 Å². The molecule has 0 unspecified atom stereocenters. The van der Waals surface area contributed by atoms with Crippen LogP contribution in [-0.4, -0.2) is 31.4 Å². The molecule has 0 saturated heterocycles. The molecule has 3 heterocycles. The second-order valence-corrected chi connectivity index (χ2v) is 5.20. The summed E-state index contributed by atoms with van der Waals surface area (Å²) in [5.74, 6) is 0.828. The summed E-state index contributed by atoms with van der Waals surface area (Å²) in [6.07, 6.45) is 2.92. The quantitative estimate of drug-likeness (QED) is 0.785. The minimum Gasteiger partial charge on any atom is -0.306 e. The predicted octanol–water partition coefficient (Wildman–Crippen LogP) is 0.633. The van der Waals surface area contributed by atoms with Crippen molar-refractivity contribution >= 4 is 23.5 Å². The Morgan fingerprint density at radius 3 is 3.11 bits per heavy atom. The van der Waals surface area contributed by atoms with Crippen LogP contribution in [0.15, 0.2) is 22.3 Å². The third kappa shape index (κ3) is 2.03. The summed E-state index contributed by atoms with van der Waals surface area (Å²) in [5, 5.41) is 9.76. The molecule has 0 spiro atoms. The number of H-pyrrole nitrogens is 1. The minimum absolute atomic E-state index is 0.0419. The van der Waals surface area contributed by atoms with Gasteiger partial charge in [0.25, 0.3) is 11.5 Å². The smallest absolute Gasteiger partial charge is 0.267 e. The van der Waals surface area contributed by atoms with Gasteiger partial charge in [-0.2, -0.15) is 5.10 Å². The van der Waals surface area contributed by atoms with E-state index in [0.29, 0.717) is 17.5 Å². The molecule has 19 heavy (non-hydrogen) atoms. The summed E-state index contributed by atoms with van der Waals surface area (Å²) in [5.41, 5.74) is 0.544. The molecule has 0 fully saturated rings. The highest BCUT2D eigenvalue weighted by molar-refractivity contribution is 7.99. The Morgan fingerprint density at radius 2 is 2.37 bits per heavy atom. The molecule has 1 aliphatic heterocycles. The normalized spacial score (nSPS) is 13.3. The molecular weight excluding hydrogens is 266 g/mol. The number of hydrogen-bond donors (Lipinski definition) is 2. The van der Waals surface area contributed by atoms with E-state index in [1.807, 2.05) is 6.92 Å². The number of aromatic nitrogens is 4. The molecule has 1 amide bonds. The number of hydrogen-bond acceptors (Lipinski definition) is 5. The molecule has 0 atom stereocenters. The molecule has 3 rings (SSSR count). The first-order chi connectivity index (χ1) is 9.16. The standard InChI is InChI=1S/C11H11N5O2S/c1-6-4-13-15-8(6)14-9(17)7-5-12-11-16(10(7)18)2-3-19-11/h4-5H,2-3H2,1H3,(H2,13,14,15,17). The molecule has 2 N–H and O–H groups in total. The molecule has 2 aromatic rings. The van der Waals surface area contributed by atoms with Gasteiger partial charge in [0, 0.05) is 24.1 Å². The molecule has 8 heteroatoms. The van der Waals surface area contributed by atoms with Crippen LogP contribution in [0.2, 0.25) is 0 Å². The summed E-state index contributed by atoms with van der Waals surface area (Å²) in [6.45, 7) is 2.40. The SMILES string of the molecule is Cc1cn[nH]c1NC(=O)c1cnc2n(c1=O)CCS2. The Balaban J connectivity index is 1.93. The second-order valence-electron chi connectivity index (χ2n) is 4.14. The Hall–Kier alpha value is -2.09. The predicted molar refractivity (Wildman–Crippen MR) is 70.5 cm³/mol. The molecular formula is C11H11N5O2S. The fourth-order valence-electron chi connectivity index (χ4n) is 1.83. The van der Waals surface area contributed by atoms with Gasteiger partial charge in [0.2, 0.25) is 0 Å². The lowest BCUT2D eigenvalue weighted by atomic mass is 10.3. The van der Waals surface area contributed by atoms with E-state index in [9.17, 15) is 9.59 Å². The number of thioether (sulfide) groups is 1. The van der Waals surface area contributed by atoms with Crippen molar-refractivity contribution in [1.82, 2.24) is 19.7 Å². The van der Waals surface area contributed by atoms with Gasteiger partial charge in [-0.25, -0.2) is 4.98 Å². The second kappa shape index (κ2) is 4.54. The molecule has 0 saturated carbocycles. The van der Waals surface area contributed by atoms with Crippen LogP contribution in [0.1, 0.15) is 15.9 Å². The third-order valence-electron chi connectivity index (χ3n) is 2.87. The van der Waals surface area contributed by atoms with Crippen LogP contribution in [0, 0.1) is 6.92 Å². The molecule has 0 radical (unpaired) electrons. The van der Waals surface area contributed by atoms with Crippen molar-refractivity contribution in [2.24, 2.45) is 0 Å². The number of aromatic amines is 1. The van der Waals surface area contributed by atoms with Gasteiger partial charge in [-0.05, 0) is 6.92 Å². The Labute approximate surface area is 112 Å². The van der Waals surface area contributed by atoms with Crippen LogP contribution in [0.4, 0.5) is 5.82 Å². The van der Waals surface area contributed by atoms with Gasteiger partial charge in [0.05, 0.1) is 6.20 Å². The first-order valence-electron chi connectivity index (χ1n) is 5.71. The molecule has 1 aliphatic rings. The highest BCUT2D eigenvalue weighted by Gasteiger charge is 2.20. The largest absolute Gasteiger partial charge is 0.306 e. The van der Waals surface area contributed by atoms with E-state index >= 15 is 0 Å². The van der Waals surface area contributed by atoms with Crippen LogP contribution >= 0.6 is 11.8 Å². The zero-order valence-corrected chi connectivity index (χ0v) is 11.0. The van der Waals surface area contributed by atoms with Crippen molar-refractivity contribution in [1.29, 1.82) is 0 Å². The zero-order chi connectivity index (χ0) is 13.4. The molecule has 0 aliphatic carbocycles. The van der Waals surface area contributed by atoms with Crippen molar-refractivity contribution in [3.8, 4) is 0 Å². The lowest BCUT2D eigenvalue weighted by Crippen LogP contribution is -2.29. The van der Waals surface area contributed by atoms with Crippen molar-refractivity contribution in [3.05, 3.63) is 33.9 Å². The van der Waals surface area contributed by atoms with Crippen LogP contribution < -0.4 is 10.9 Å². The fourth-order valence-corrected chi connectivity index (χ4v) is 2.74. The van der Waals surface area contributed by atoms with Crippen LogP contribution in [-0.2, 0) is 6.54 Å². The molecule has 98 valence electrons. The highest BCUT2D eigenvalue weighted by Crippen LogP contribution is 2.20. The Bertz CT molecular complexity index is 705. The first-order valence-corrected chi connectivity index (χ1v) is 6.69. The van der Waals surface area contributed by atoms with Gasteiger partial charge in [0.1, 0.15) is 11.4 Å². The van der Waals surface area contributed by atoms with E-state index in [0.717, 1.165) is 11.3 Å². The molecule has 7 nitrogen and oxygen atoms in total. The van der Waals surface area contributed by atoms with Crippen molar-refractivity contribution in [2.75, 3.05) is 11.1 Å². The van der Waals surface area contributed by atoms with Gasteiger partial charge < -0.3 is 5.32 Å². The van der Waals surface area contributed by atoms with E-state index in [1.165, 1.54) is 22.5 Å². The zero-order valence-electron chi connectivity index (χ0n) is 10.1. The van der Waals surface area contributed by atoms with E-state index in [2.05, 4.69) is 20.5 Å². The molecule has 2 aromatic heterocycles. The monoisotopic (exact) mass is 277 g/mol. The van der Waals surface area contributed by atoms with Crippen LogP contribution in [0.3, 0.4) is 0 Å². The number of nitrogens with zero attached hydrogens (tertiary/aromatic N) is 3. The number of carbonyl (C=O) groups excluding carboxylic acids is 1. The summed E-state index contributed by atoms with van der Waals surface area (Å²) in [7, 11) is 0. The minimum atomic E-state index is -0.475. The maximum Gasteiger partial charge on any atom is 0.267 e. The van der Waals surface area contributed by atoms with E-state index in [-0.39, 0.29) is 11.1 Å². The Morgan fingerprint density at radius 1 is 1.53 bits per heavy atom. The highest BCUT2D eigenvalue weighted by atomic mass is 32.2. The maximum absolute atomic E-state index is 12.1. The lowest BCUT2D eigenvalue weighted by Gasteiger charge is -2.05. The molecule has 0 bridgehead atoms. The topological polar surface area (TPSA) is 92.7 Å². The summed E-state index contributed by atoms with van der Waals surface area (Å²) in [6, 6.07) is 0. The summed E-state index contributed by atoms with van der Waals surface area (Å²) < 4.78 is 1.53. The van der Waals surface area contributed by atoms with Gasteiger partial charge in [-0.3, -0.25) is 19.3 Å². The number of amides is 1. The first kappa shape index (κ1) is 12.0. The molecule has 0 aromatic carbocycles. The Kier molecular flexibility index (Phi) is 2.86. The van der Waals surface area contributed by atoms with Crippen molar-refractivity contribution < 1.29 is 4.79 Å². The van der Waals surface area contributed by atoms with Crippen LogP contribution in [0.25, 0.3) is 0 Å². The number of nitrogens with one attached hydrogen (secondary N) is 2. The van der Waals surface area contributed by atoms with E-state index < -0.39 is 5.91 Å². The number of anilines is 1. The van der Waals surface area contributed by atoms with Crippen molar-refractivity contribution in [3.63, 3.8) is 0 Å². The van der Waals surface area contributed by atoms with Gasteiger partial charge in [-0.15, -0.1) is 0 Å². The fraction of sp³-hybridized carbons (Fsp3) is 0.273. The summed E-state index contributed by atoms with van der Waals surface area (Å²) >= 11 is 1.51. The number of carbonyl (C=O) groups is 1. The number of aryl methyl sites for hydroxylation is 1.